The van der Waals surface area contributed by atoms with Crippen LogP contribution in [0.4, 0.5) is 0 Å². The summed E-state index contributed by atoms with van der Waals surface area (Å²) in [7, 11) is 0. The lowest BCUT2D eigenvalue weighted by atomic mass is 9.68. The highest BCUT2D eigenvalue weighted by atomic mass is 79.9. The molecule has 0 aliphatic heterocycles. The van der Waals surface area contributed by atoms with Gasteiger partial charge in [0.2, 0.25) is 11.8 Å². The van der Waals surface area contributed by atoms with Gasteiger partial charge in [-0.25, -0.2) is 0 Å². The number of aromatic hydroxyl groups is 2. The Morgan fingerprint density at radius 1 is 1.05 bits per heavy atom. The Hall–Kier alpha value is -1.42. The van der Waals surface area contributed by atoms with E-state index in [1.165, 1.54) is 6.42 Å². The summed E-state index contributed by atoms with van der Waals surface area (Å²) in [4.78, 5) is 0. The second-order valence-electron chi connectivity index (χ2n) is 7.10. The average molecular weight is 360 g/mol. The van der Waals surface area contributed by atoms with Crippen LogP contribution in [0.15, 0.2) is 22.7 Å². The summed E-state index contributed by atoms with van der Waals surface area (Å²) in [5.41, 5.74) is 3.99. The fourth-order valence-corrected chi connectivity index (χ4v) is 5.24. The molecule has 2 bridgehead atoms. The van der Waals surface area contributed by atoms with Crippen molar-refractivity contribution in [3.8, 4) is 17.4 Å². The Kier molecular flexibility index (Phi) is 2.44. The molecule has 0 amide bonds. The molecule has 1 aromatic carbocycles. The Labute approximate surface area is 137 Å². The van der Waals surface area contributed by atoms with Crippen molar-refractivity contribution in [2.75, 3.05) is 0 Å². The quantitative estimate of drug-likeness (QED) is 0.783. The van der Waals surface area contributed by atoms with Crippen molar-refractivity contribution in [3.05, 3.63) is 39.4 Å². The zero-order valence-corrected chi connectivity index (χ0v) is 14.0. The summed E-state index contributed by atoms with van der Waals surface area (Å²) in [5, 5.41) is 21.6. The van der Waals surface area contributed by atoms with Gasteiger partial charge in [-0.3, -0.25) is 4.57 Å². The predicted molar refractivity (Wildman–Crippen MR) is 87.8 cm³/mol. The molecule has 2 fully saturated rings. The minimum absolute atomic E-state index is 0.259. The molecule has 2 aromatic rings. The molecule has 0 radical (unpaired) electrons. The maximum Gasteiger partial charge on any atom is 0.202 e. The lowest BCUT2D eigenvalue weighted by molar-refractivity contribution is 0.322. The first-order valence-corrected chi connectivity index (χ1v) is 8.80. The second kappa shape index (κ2) is 4.10. The first kappa shape index (κ1) is 13.1. The maximum atomic E-state index is 10.8. The number of benzene rings is 1. The summed E-state index contributed by atoms with van der Waals surface area (Å²) in [6.07, 6.45) is 3.60. The Bertz CT molecular complexity index is 770. The third-order valence-electron chi connectivity index (χ3n) is 6.05. The molecule has 4 atom stereocenters. The summed E-state index contributed by atoms with van der Waals surface area (Å²) in [5.74, 6) is 2.92. The predicted octanol–water partition coefficient (Wildman–Crippen LogP) is 4.57. The van der Waals surface area contributed by atoms with Crippen molar-refractivity contribution in [1.82, 2.24) is 4.57 Å². The van der Waals surface area contributed by atoms with Crippen LogP contribution in [0.5, 0.6) is 11.8 Å². The number of rotatable bonds is 1. The lowest BCUT2D eigenvalue weighted by Gasteiger charge is -2.35. The van der Waals surface area contributed by atoms with Gasteiger partial charge < -0.3 is 10.2 Å². The van der Waals surface area contributed by atoms with Gasteiger partial charge in [0.15, 0.2) is 0 Å². The molecule has 1 aromatic heterocycles. The van der Waals surface area contributed by atoms with E-state index in [9.17, 15) is 10.2 Å². The van der Waals surface area contributed by atoms with Gasteiger partial charge in [0.05, 0.1) is 5.69 Å². The number of hydrogen-bond acceptors (Lipinski definition) is 2. The number of hydrogen-bond donors (Lipinski definition) is 2. The summed E-state index contributed by atoms with van der Waals surface area (Å²) < 4.78 is 2.67. The fourth-order valence-electron chi connectivity index (χ4n) is 4.99. The van der Waals surface area contributed by atoms with Crippen LogP contribution in [0.25, 0.3) is 5.69 Å². The first-order valence-electron chi connectivity index (χ1n) is 8.01. The Morgan fingerprint density at radius 3 is 2.18 bits per heavy atom. The van der Waals surface area contributed by atoms with Crippen LogP contribution in [-0.2, 0) is 0 Å². The third kappa shape index (κ3) is 1.47. The Morgan fingerprint density at radius 2 is 1.64 bits per heavy atom. The van der Waals surface area contributed by atoms with E-state index < -0.39 is 0 Å². The smallest absolute Gasteiger partial charge is 0.202 e. The number of halogens is 1. The number of fused-ring (bicyclic) bond motifs is 1. The van der Waals surface area contributed by atoms with Gasteiger partial charge in [-0.15, -0.1) is 0 Å². The van der Waals surface area contributed by atoms with Gasteiger partial charge in [0.1, 0.15) is 0 Å². The van der Waals surface area contributed by atoms with Gasteiger partial charge in [-0.1, -0.05) is 15.9 Å². The molecule has 0 saturated heterocycles. The van der Waals surface area contributed by atoms with Crippen molar-refractivity contribution in [2.45, 2.75) is 38.0 Å². The van der Waals surface area contributed by atoms with Crippen LogP contribution in [0.2, 0.25) is 0 Å². The Balaban J connectivity index is 1.74. The third-order valence-corrected chi connectivity index (χ3v) is 6.94. The second-order valence-corrected chi connectivity index (χ2v) is 7.95. The van der Waals surface area contributed by atoms with Gasteiger partial charge in [-0.2, -0.15) is 0 Å². The van der Waals surface area contributed by atoms with Crippen LogP contribution in [0.3, 0.4) is 0 Å². The zero-order chi connectivity index (χ0) is 15.2. The largest absolute Gasteiger partial charge is 0.494 e. The molecule has 4 aliphatic carbocycles. The monoisotopic (exact) mass is 359 g/mol. The molecule has 3 nitrogen and oxygen atoms in total. The van der Waals surface area contributed by atoms with Crippen LogP contribution in [0, 0.1) is 18.8 Å². The van der Waals surface area contributed by atoms with Crippen LogP contribution in [0.1, 0.15) is 47.8 Å². The molecular formula is C18H18BrNO2. The summed E-state index contributed by atoms with van der Waals surface area (Å²) in [6, 6.07) is 5.90. The van der Waals surface area contributed by atoms with E-state index in [0.717, 1.165) is 51.5 Å². The van der Waals surface area contributed by atoms with Gasteiger partial charge >= 0.3 is 0 Å². The van der Waals surface area contributed by atoms with Crippen LogP contribution >= 0.6 is 15.9 Å². The van der Waals surface area contributed by atoms with E-state index in [2.05, 4.69) is 15.9 Å². The molecule has 0 unspecified atom stereocenters. The van der Waals surface area contributed by atoms with Gasteiger partial charge in [0.25, 0.3) is 0 Å². The standard InChI is InChI=1S/C18H18BrNO2/c1-8-6-9(2-5-14(8)19)20-17(21)15-10-3-4-11(13-7-12(10)13)16(15)18(20)22/h2,5-6,10-13,21-22H,3-4,7H2,1H3/t10-,11+,12+,13-. The molecule has 114 valence electrons. The molecule has 4 heteroatoms. The fraction of sp³-hybridized carbons (Fsp3) is 0.444. The van der Waals surface area contributed by atoms with E-state index in [1.54, 1.807) is 4.57 Å². The topological polar surface area (TPSA) is 45.4 Å². The average Bonchev–Trinajstić information content (AvgIpc) is 3.28. The molecule has 1 heterocycles. The molecule has 2 saturated carbocycles. The first-order chi connectivity index (χ1) is 10.6. The highest BCUT2D eigenvalue weighted by Gasteiger charge is 2.58. The molecule has 0 spiro atoms. The van der Waals surface area contributed by atoms with E-state index in [1.807, 2.05) is 25.1 Å². The molecular weight excluding hydrogens is 342 g/mol. The van der Waals surface area contributed by atoms with E-state index in [-0.39, 0.29) is 11.8 Å². The zero-order valence-electron chi connectivity index (χ0n) is 12.4. The van der Waals surface area contributed by atoms with E-state index in [4.69, 9.17) is 0 Å². The molecule has 4 aliphatic rings. The van der Waals surface area contributed by atoms with Crippen molar-refractivity contribution >= 4 is 15.9 Å². The normalized spacial score (nSPS) is 31.0. The summed E-state index contributed by atoms with van der Waals surface area (Å²) >= 11 is 3.50. The number of nitrogens with zero attached hydrogens (tertiary/aromatic N) is 1. The molecule has 22 heavy (non-hydrogen) atoms. The maximum absolute atomic E-state index is 10.8. The van der Waals surface area contributed by atoms with Crippen molar-refractivity contribution < 1.29 is 10.2 Å². The number of aryl methyl sites for hydroxylation is 1. The van der Waals surface area contributed by atoms with Crippen molar-refractivity contribution in [1.29, 1.82) is 0 Å². The number of aromatic nitrogens is 1. The highest BCUT2D eigenvalue weighted by Crippen LogP contribution is 2.70. The van der Waals surface area contributed by atoms with Crippen molar-refractivity contribution in [3.63, 3.8) is 0 Å². The van der Waals surface area contributed by atoms with Crippen molar-refractivity contribution in [2.24, 2.45) is 11.8 Å². The lowest BCUT2D eigenvalue weighted by Crippen LogP contribution is -2.22. The molecule has 6 rings (SSSR count). The van der Waals surface area contributed by atoms with Gasteiger partial charge in [-0.05, 0) is 73.6 Å². The van der Waals surface area contributed by atoms with Crippen LogP contribution < -0.4 is 0 Å². The summed E-state index contributed by atoms with van der Waals surface area (Å²) in [6.45, 7) is 2.02. The van der Waals surface area contributed by atoms with Gasteiger partial charge in [0, 0.05) is 15.6 Å². The van der Waals surface area contributed by atoms with E-state index >= 15 is 0 Å². The highest BCUT2D eigenvalue weighted by molar-refractivity contribution is 9.10. The van der Waals surface area contributed by atoms with Crippen LogP contribution in [-0.4, -0.2) is 14.8 Å². The minimum atomic E-state index is 0.259. The molecule has 2 N–H and O–H groups in total. The minimum Gasteiger partial charge on any atom is -0.494 e. The van der Waals surface area contributed by atoms with E-state index in [0.29, 0.717) is 11.8 Å². The SMILES string of the molecule is Cc1cc(-n2c(O)c3c(c2O)[C@@H]2CC[C@H]3[C@H]3C[C@H]32)ccc1Br.